The van der Waals surface area contributed by atoms with Crippen molar-refractivity contribution < 1.29 is 9.53 Å². The number of hydrogen-bond donors (Lipinski definition) is 1. The first kappa shape index (κ1) is 13.1. The highest BCUT2D eigenvalue weighted by Crippen LogP contribution is 2.21. The molecule has 0 spiro atoms. The number of allylic oxidation sites excluding steroid dienone is 1. The van der Waals surface area contributed by atoms with Crippen LogP contribution in [0, 0.1) is 0 Å². The van der Waals surface area contributed by atoms with Crippen molar-refractivity contribution in [1.29, 1.82) is 0 Å². The number of carbonyl (C=O) groups excluding carboxylic acids is 1. The second-order valence-electron chi connectivity index (χ2n) is 5.52. The minimum atomic E-state index is -0.418. The van der Waals surface area contributed by atoms with Gasteiger partial charge in [0.05, 0.1) is 0 Å². The SMILES string of the molecule is C=C1CCC[C@@H](NC(=O)OC(C)(C)C)CC1. The molecular weight excluding hydrogens is 202 g/mol. The van der Waals surface area contributed by atoms with Crippen LogP contribution in [0.25, 0.3) is 0 Å². The van der Waals surface area contributed by atoms with Gasteiger partial charge in [-0.2, -0.15) is 0 Å². The number of ether oxygens (including phenoxy) is 1. The van der Waals surface area contributed by atoms with Crippen molar-refractivity contribution in [3.05, 3.63) is 12.2 Å². The van der Waals surface area contributed by atoms with Crippen molar-refractivity contribution in [3.63, 3.8) is 0 Å². The Labute approximate surface area is 98.2 Å². The maximum Gasteiger partial charge on any atom is 0.407 e. The molecule has 1 fully saturated rings. The average Bonchev–Trinajstić information content (AvgIpc) is 2.27. The molecule has 0 saturated heterocycles. The third kappa shape index (κ3) is 5.19. The third-order valence-electron chi connectivity index (χ3n) is 2.65. The van der Waals surface area contributed by atoms with Crippen LogP contribution in [-0.2, 0) is 4.74 Å². The molecule has 3 nitrogen and oxygen atoms in total. The zero-order valence-corrected chi connectivity index (χ0v) is 10.6. The summed E-state index contributed by atoms with van der Waals surface area (Å²) in [5.41, 5.74) is 0.881. The van der Waals surface area contributed by atoms with Crippen molar-refractivity contribution in [3.8, 4) is 0 Å². The molecule has 3 heteroatoms. The lowest BCUT2D eigenvalue weighted by Gasteiger charge is -2.22. The van der Waals surface area contributed by atoms with Gasteiger partial charge in [-0.1, -0.05) is 12.2 Å². The Balaban J connectivity index is 2.36. The summed E-state index contributed by atoms with van der Waals surface area (Å²) in [6.07, 6.45) is 4.92. The predicted molar refractivity (Wildman–Crippen MR) is 65.4 cm³/mol. The van der Waals surface area contributed by atoms with Gasteiger partial charge in [-0.15, -0.1) is 0 Å². The Morgan fingerprint density at radius 3 is 2.69 bits per heavy atom. The van der Waals surface area contributed by atoms with Crippen LogP contribution in [0.1, 0.15) is 52.9 Å². The molecule has 1 saturated carbocycles. The van der Waals surface area contributed by atoms with Crippen molar-refractivity contribution in [1.82, 2.24) is 5.32 Å². The zero-order chi connectivity index (χ0) is 12.2. The first-order valence-corrected chi connectivity index (χ1v) is 6.03. The molecule has 0 heterocycles. The van der Waals surface area contributed by atoms with Gasteiger partial charge in [0, 0.05) is 6.04 Å². The molecule has 0 aromatic rings. The number of hydrogen-bond acceptors (Lipinski definition) is 2. The summed E-state index contributed by atoms with van der Waals surface area (Å²) in [6, 6.07) is 0.245. The number of alkyl carbamates (subject to hydrolysis) is 1. The number of nitrogens with one attached hydrogen (secondary N) is 1. The van der Waals surface area contributed by atoms with Crippen LogP contribution in [0.3, 0.4) is 0 Å². The van der Waals surface area contributed by atoms with E-state index in [1.165, 1.54) is 5.57 Å². The molecule has 1 N–H and O–H groups in total. The van der Waals surface area contributed by atoms with Crippen LogP contribution in [-0.4, -0.2) is 17.7 Å². The zero-order valence-electron chi connectivity index (χ0n) is 10.6. The quantitative estimate of drug-likeness (QED) is 0.548. The van der Waals surface area contributed by atoms with Gasteiger partial charge in [-0.25, -0.2) is 4.79 Å². The van der Waals surface area contributed by atoms with E-state index >= 15 is 0 Å². The molecule has 0 bridgehead atoms. The molecular formula is C13H23NO2. The van der Waals surface area contributed by atoms with Crippen LogP contribution in [0.2, 0.25) is 0 Å². The van der Waals surface area contributed by atoms with E-state index in [4.69, 9.17) is 4.74 Å². The van der Waals surface area contributed by atoms with Gasteiger partial charge >= 0.3 is 6.09 Å². The lowest BCUT2D eigenvalue weighted by molar-refractivity contribution is 0.0500. The molecule has 0 aliphatic heterocycles. The van der Waals surface area contributed by atoms with E-state index in [-0.39, 0.29) is 12.1 Å². The summed E-state index contributed by atoms with van der Waals surface area (Å²) in [5.74, 6) is 0. The summed E-state index contributed by atoms with van der Waals surface area (Å²) in [4.78, 5) is 11.6. The molecule has 1 aliphatic rings. The number of rotatable bonds is 1. The summed E-state index contributed by atoms with van der Waals surface area (Å²) in [6.45, 7) is 9.63. The Morgan fingerprint density at radius 2 is 2.06 bits per heavy atom. The molecule has 1 rings (SSSR count). The highest BCUT2D eigenvalue weighted by molar-refractivity contribution is 5.68. The van der Waals surface area contributed by atoms with E-state index in [9.17, 15) is 4.79 Å². The molecule has 0 unspecified atom stereocenters. The van der Waals surface area contributed by atoms with Gasteiger partial charge in [0.25, 0.3) is 0 Å². The molecule has 0 aromatic carbocycles. The fourth-order valence-corrected chi connectivity index (χ4v) is 1.86. The Morgan fingerprint density at radius 1 is 1.38 bits per heavy atom. The highest BCUT2D eigenvalue weighted by Gasteiger charge is 2.20. The summed E-state index contributed by atoms with van der Waals surface area (Å²) in [5, 5.41) is 2.93. The lowest BCUT2D eigenvalue weighted by atomic mass is 10.1. The van der Waals surface area contributed by atoms with Gasteiger partial charge in [0.2, 0.25) is 0 Å². The van der Waals surface area contributed by atoms with E-state index < -0.39 is 5.60 Å². The molecule has 1 aliphatic carbocycles. The summed E-state index contributed by atoms with van der Waals surface area (Å²) in [7, 11) is 0. The number of amides is 1. The first-order valence-electron chi connectivity index (χ1n) is 6.03. The first-order chi connectivity index (χ1) is 7.37. The largest absolute Gasteiger partial charge is 0.444 e. The average molecular weight is 225 g/mol. The topological polar surface area (TPSA) is 38.3 Å². The van der Waals surface area contributed by atoms with Gasteiger partial charge in [0.15, 0.2) is 0 Å². The van der Waals surface area contributed by atoms with E-state index in [1.807, 2.05) is 20.8 Å². The van der Waals surface area contributed by atoms with Gasteiger partial charge in [0.1, 0.15) is 5.60 Å². The van der Waals surface area contributed by atoms with Crippen molar-refractivity contribution in [2.75, 3.05) is 0 Å². The van der Waals surface area contributed by atoms with Crippen LogP contribution in [0.5, 0.6) is 0 Å². The van der Waals surface area contributed by atoms with E-state index in [0.717, 1.165) is 32.1 Å². The Hall–Kier alpha value is -0.990. The molecule has 92 valence electrons. The van der Waals surface area contributed by atoms with Crippen LogP contribution in [0.15, 0.2) is 12.2 Å². The second kappa shape index (κ2) is 5.37. The fraction of sp³-hybridized carbons (Fsp3) is 0.769. The monoisotopic (exact) mass is 225 g/mol. The van der Waals surface area contributed by atoms with Crippen molar-refractivity contribution in [2.45, 2.75) is 64.5 Å². The number of carbonyl (C=O) groups is 1. The minimum absolute atomic E-state index is 0.245. The van der Waals surface area contributed by atoms with Crippen LogP contribution < -0.4 is 5.32 Å². The van der Waals surface area contributed by atoms with E-state index in [1.54, 1.807) is 0 Å². The van der Waals surface area contributed by atoms with Crippen molar-refractivity contribution in [2.24, 2.45) is 0 Å². The Kier molecular flexibility index (Phi) is 4.39. The van der Waals surface area contributed by atoms with E-state index in [0.29, 0.717) is 0 Å². The normalized spacial score (nSPS) is 22.4. The molecule has 16 heavy (non-hydrogen) atoms. The highest BCUT2D eigenvalue weighted by atomic mass is 16.6. The van der Waals surface area contributed by atoms with Gasteiger partial charge in [-0.3, -0.25) is 0 Å². The van der Waals surface area contributed by atoms with Gasteiger partial charge in [-0.05, 0) is 52.9 Å². The molecule has 1 amide bonds. The lowest BCUT2D eigenvalue weighted by Crippen LogP contribution is -2.38. The standard InChI is InChI=1S/C13H23NO2/c1-10-6-5-7-11(9-8-10)14-12(15)16-13(2,3)4/h11H,1,5-9H2,2-4H3,(H,14,15)/t11-/m1/s1. The molecule has 0 aromatic heterocycles. The minimum Gasteiger partial charge on any atom is -0.444 e. The summed E-state index contributed by atoms with van der Waals surface area (Å²) >= 11 is 0. The predicted octanol–water partition coefficient (Wildman–Crippen LogP) is 3.40. The fourth-order valence-electron chi connectivity index (χ4n) is 1.86. The maximum atomic E-state index is 11.6. The van der Waals surface area contributed by atoms with Crippen LogP contribution in [0.4, 0.5) is 4.79 Å². The Bertz CT molecular complexity index is 266. The maximum absolute atomic E-state index is 11.6. The van der Waals surface area contributed by atoms with Crippen LogP contribution >= 0.6 is 0 Å². The van der Waals surface area contributed by atoms with Gasteiger partial charge < -0.3 is 10.1 Å². The summed E-state index contributed by atoms with van der Waals surface area (Å²) < 4.78 is 5.24. The molecule has 1 atom stereocenters. The smallest absolute Gasteiger partial charge is 0.407 e. The van der Waals surface area contributed by atoms with E-state index in [2.05, 4.69) is 11.9 Å². The van der Waals surface area contributed by atoms with Crippen molar-refractivity contribution >= 4 is 6.09 Å². The third-order valence-corrected chi connectivity index (χ3v) is 2.65. The molecule has 0 radical (unpaired) electrons. The second-order valence-corrected chi connectivity index (χ2v) is 5.52.